The van der Waals surface area contributed by atoms with Gasteiger partial charge in [-0.25, -0.2) is 8.78 Å². The first-order chi connectivity index (χ1) is 16.4. The lowest BCUT2D eigenvalue weighted by molar-refractivity contribution is -0.117. The molecule has 34 heavy (non-hydrogen) atoms. The standard InChI is InChI=1S/C26H17F2NO5/c1-33-19-9-5-8-15-12-20(34-25(15)19)23(30)21-22(14-6-3-2-4-7-14)29(26(32)24(21)31)18-11-10-16(27)13-17(18)28/h2-13,22,31H,1H3. The summed E-state index contributed by atoms with van der Waals surface area (Å²) in [6, 6.07) is 16.5. The van der Waals surface area contributed by atoms with Crippen LogP contribution in [0.4, 0.5) is 14.5 Å². The molecule has 1 unspecified atom stereocenters. The highest BCUT2D eigenvalue weighted by atomic mass is 19.1. The predicted octanol–water partition coefficient (Wildman–Crippen LogP) is 5.50. The van der Waals surface area contributed by atoms with Crippen LogP contribution in [0.3, 0.4) is 0 Å². The van der Waals surface area contributed by atoms with E-state index < -0.39 is 35.1 Å². The van der Waals surface area contributed by atoms with Crippen molar-refractivity contribution in [3.63, 3.8) is 0 Å². The lowest BCUT2D eigenvalue weighted by Gasteiger charge is -2.27. The minimum atomic E-state index is -1.17. The number of carbonyl (C=O) groups is 2. The Labute approximate surface area is 192 Å². The van der Waals surface area contributed by atoms with Gasteiger partial charge in [-0.1, -0.05) is 42.5 Å². The van der Waals surface area contributed by atoms with Crippen LogP contribution in [0.25, 0.3) is 11.0 Å². The van der Waals surface area contributed by atoms with Crippen molar-refractivity contribution >= 4 is 28.3 Å². The molecule has 1 atom stereocenters. The average Bonchev–Trinajstić information content (AvgIpc) is 3.39. The van der Waals surface area contributed by atoms with Crippen molar-refractivity contribution in [2.24, 2.45) is 0 Å². The van der Waals surface area contributed by atoms with Crippen LogP contribution < -0.4 is 9.64 Å². The van der Waals surface area contributed by atoms with Crippen molar-refractivity contribution in [2.75, 3.05) is 12.0 Å². The molecule has 0 saturated carbocycles. The molecule has 1 amide bonds. The van der Waals surface area contributed by atoms with Gasteiger partial charge >= 0.3 is 0 Å². The van der Waals surface area contributed by atoms with Crippen molar-refractivity contribution in [1.82, 2.24) is 0 Å². The van der Waals surface area contributed by atoms with Crippen LogP contribution in [0.1, 0.15) is 22.2 Å². The van der Waals surface area contributed by atoms with Gasteiger partial charge in [0.05, 0.1) is 24.4 Å². The van der Waals surface area contributed by atoms with E-state index in [1.54, 1.807) is 48.5 Å². The minimum absolute atomic E-state index is 0.129. The number of furan rings is 1. The van der Waals surface area contributed by atoms with Crippen LogP contribution in [-0.4, -0.2) is 23.9 Å². The summed E-state index contributed by atoms with van der Waals surface area (Å²) >= 11 is 0. The number of nitrogens with zero attached hydrogens (tertiary/aromatic N) is 1. The average molecular weight is 461 g/mol. The molecular formula is C26H17F2NO5. The van der Waals surface area contributed by atoms with Gasteiger partial charge in [-0.05, 0) is 29.8 Å². The number of Topliss-reactive ketones (excluding diaryl/α,β-unsaturated/α-hetero) is 1. The number of aliphatic hydroxyl groups excluding tert-OH is 1. The van der Waals surface area contributed by atoms with E-state index in [4.69, 9.17) is 9.15 Å². The molecule has 0 aliphatic carbocycles. The number of amides is 1. The van der Waals surface area contributed by atoms with Crippen LogP contribution in [-0.2, 0) is 4.79 Å². The van der Waals surface area contributed by atoms with E-state index in [1.165, 1.54) is 13.2 Å². The topological polar surface area (TPSA) is 80.0 Å². The van der Waals surface area contributed by atoms with Crippen molar-refractivity contribution in [2.45, 2.75) is 6.04 Å². The zero-order valence-electron chi connectivity index (χ0n) is 17.8. The monoisotopic (exact) mass is 461 g/mol. The second-order valence-corrected chi connectivity index (χ2v) is 7.66. The van der Waals surface area contributed by atoms with Gasteiger partial charge in [0.1, 0.15) is 11.6 Å². The van der Waals surface area contributed by atoms with E-state index in [0.29, 0.717) is 28.3 Å². The molecule has 1 aliphatic heterocycles. The van der Waals surface area contributed by atoms with Crippen molar-refractivity contribution in [3.05, 3.63) is 107 Å². The first kappa shape index (κ1) is 21.4. The molecule has 0 radical (unpaired) electrons. The summed E-state index contributed by atoms with van der Waals surface area (Å²) in [6.45, 7) is 0. The molecule has 1 N–H and O–H groups in total. The van der Waals surface area contributed by atoms with Gasteiger partial charge < -0.3 is 14.3 Å². The predicted molar refractivity (Wildman–Crippen MR) is 120 cm³/mol. The Hall–Kier alpha value is -4.46. The summed E-state index contributed by atoms with van der Waals surface area (Å²) in [5.74, 6) is -4.13. The fraction of sp³-hybridized carbons (Fsp3) is 0.0769. The molecular weight excluding hydrogens is 444 g/mol. The van der Waals surface area contributed by atoms with Crippen molar-refractivity contribution in [1.29, 1.82) is 0 Å². The molecule has 1 aliphatic rings. The maximum atomic E-state index is 14.7. The van der Waals surface area contributed by atoms with E-state index in [1.807, 2.05) is 0 Å². The number of aliphatic hydroxyl groups is 1. The van der Waals surface area contributed by atoms with Crippen LogP contribution in [0, 0.1) is 11.6 Å². The quantitative estimate of drug-likeness (QED) is 0.397. The largest absolute Gasteiger partial charge is 0.503 e. The number of methoxy groups -OCH3 is 1. The molecule has 0 fully saturated rings. The van der Waals surface area contributed by atoms with Crippen LogP contribution in [0.2, 0.25) is 0 Å². The Morgan fingerprint density at radius 1 is 1.03 bits per heavy atom. The third-order valence-electron chi connectivity index (χ3n) is 5.69. The number of halogens is 2. The fourth-order valence-electron chi connectivity index (χ4n) is 4.15. The maximum Gasteiger partial charge on any atom is 0.294 e. The molecule has 170 valence electrons. The summed E-state index contributed by atoms with van der Waals surface area (Å²) in [5.41, 5.74) is 0.218. The summed E-state index contributed by atoms with van der Waals surface area (Å²) in [4.78, 5) is 27.6. The maximum absolute atomic E-state index is 14.7. The second-order valence-electron chi connectivity index (χ2n) is 7.66. The number of ketones is 1. The number of benzene rings is 3. The van der Waals surface area contributed by atoms with Crippen LogP contribution >= 0.6 is 0 Å². The molecule has 0 spiro atoms. The van der Waals surface area contributed by atoms with E-state index in [0.717, 1.165) is 17.0 Å². The number of para-hydroxylation sites is 1. The zero-order chi connectivity index (χ0) is 24.0. The smallest absolute Gasteiger partial charge is 0.294 e. The Kier molecular flexibility index (Phi) is 5.13. The van der Waals surface area contributed by atoms with Gasteiger partial charge in [-0.2, -0.15) is 0 Å². The Balaban J connectivity index is 1.67. The first-order valence-electron chi connectivity index (χ1n) is 10.3. The molecule has 0 bridgehead atoms. The molecule has 8 heteroatoms. The summed E-state index contributed by atoms with van der Waals surface area (Å²) in [5, 5.41) is 11.4. The van der Waals surface area contributed by atoms with E-state index in [2.05, 4.69) is 0 Å². The van der Waals surface area contributed by atoms with Gasteiger partial charge in [0.15, 0.2) is 22.9 Å². The fourth-order valence-corrected chi connectivity index (χ4v) is 4.15. The number of hydrogen-bond acceptors (Lipinski definition) is 5. The third kappa shape index (κ3) is 3.31. The summed E-state index contributed by atoms with van der Waals surface area (Å²) in [7, 11) is 1.46. The van der Waals surface area contributed by atoms with E-state index in [-0.39, 0.29) is 17.0 Å². The van der Waals surface area contributed by atoms with E-state index >= 15 is 0 Å². The molecule has 5 rings (SSSR count). The highest BCUT2D eigenvalue weighted by molar-refractivity contribution is 6.20. The SMILES string of the molecule is COc1cccc2cc(C(=O)C3=C(O)C(=O)N(c4ccc(F)cc4F)C3c3ccccc3)oc12. The molecule has 1 aromatic heterocycles. The lowest BCUT2D eigenvalue weighted by atomic mass is 9.94. The zero-order valence-corrected chi connectivity index (χ0v) is 17.8. The Bertz CT molecular complexity index is 1480. The number of carbonyl (C=O) groups excluding carboxylic acids is 2. The van der Waals surface area contributed by atoms with E-state index in [9.17, 15) is 23.5 Å². The number of hydrogen-bond donors (Lipinski definition) is 1. The van der Waals surface area contributed by atoms with Gasteiger partial charge in [0.2, 0.25) is 5.78 Å². The molecule has 2 heterocycles. The van der Waals surface area contributed by atoms with Gasteiger partial charge in [0.25, 0.3) is 5.91 Å². The number of fused-ring (bicyclic) bond motifs is 1. The normalized spacial score (nSPS) is 15.9. The van der Waals surface area contributed by atoms with Crippen molar-refractivity contribution in [3.8, 4) is 5.75 Å². The molecule has 3 aromatic carbocycles. The van der Waals surface area contributed by atoms with Crippen molar-refractivity contribution < 1.29 is 32.6 Å². The first-order valence-corrected chi connectivity index (χ1v) is 10.3. The summed E-state index contributed by atoms with van der Waals surface area (Å²) in [6.07, 6.45) is 0. The number of anilines is 1. The van der Waals surface area contributed by atoms with Gasteiger partial charge in [0, 0.05) is 11.5 Å². The van der Waals surface area contributed by atoms with Crippen LogP contribution in [0.5, 0.6) is 5.75 Å². The number of ether oxygens (including phenoxy) is 1. The molecule has 0 saturated heterocycles. The van der Waals surface area contributed by atoms with Gasteiger partial charge in [-0.15, -0.1) is 0 Å². The second kappa shape index (κ2) is 8.15. The Morgan fingerprint density at radius 3 is 2.50 bits per heavy atom. The Morgan fingerprint density at radius 2 is 1.79 bits per heavy atom. The van der Waals surface area contributed by atoms with Crippen LogP contribution in [0.15, 0.2) is 88.5 Å². The highest BCUT2D eigenvalue weighted by Gasteiger charge is 2.46. The summed E-state index contributed by atoms with van der Waals surface area (Å²) < 4.78 is 39.3. The molecule has 4 aromatic rings. The number of rotatable bonds is 5. The minimum Gasteiger partial charge on any atom is -0.503 e. The van der Waals surface area contributed by atoms with Gasteiger partial charge in [-0.3, -0.25) is 14.5 Å². The molecule has 6 nitrogen and oxygen atoms in total. The third-order valence-corrected chi connectivity index (χ3v) is 5.69. The highest BCUT2D eigenvalue weighted by Crippen LogP contribution is 2.43. The lowest BCUT2D eigenvalue weighted by Crippen LogP contribution is -2.31.